The summed E-state index contributed by atoms with van der Waals surface area (Å²) in [5, 5.41) is 42.0. The molecular formula is C31H31FN6O7. The summed E-state index contributed by atoms with van der Waals surface area (Å²) in [6, 6.07) is 2.37. The first-order chi connectivity index (χ1) is 21.6. The number of hydrogen-bond donors (Lipinski definition) is 4. The van der Waals surface area contributed by atoms with Crippen LogP contribution in [0.3, 0.4) is 0 Å². The lowest BCUT2D eigenvalue weighted by Crippen LogP contribution is -2.44. The number of ether oxygens (including phenoxy) is 1. The van der Waals surface area contributed by atoms with Crippen molar-refractivity contribution in [2.24, 2.45) is 0 Å². The molecule has 45 heavy (non-hydrogen) atoms. The van der Waals surface area contributed by atoms with Crippen molar-refractivity contribution in [3.05, 3.63) is 73.1 Å². The Morgan fingerprint density at radius 2 is 2.00 bits per heavy atom. The molecule has 0 unspecified atom stereocenters. The highest BCUT2D eigenvalue weighted by Gasteiger charge is 2.46. The first kappa shape index (κ1) is 29.2. The predicted molar refractivity (Wildman–Crippen MR) is 156 cm³/mol. The van der Waals surface area contributed by atoms with E-state index in [2.05, 4.69) is 15.6 Å². The summed E-state index contributed by atoms with van der Waals surface area (Å²) in [4.78, 5) is 44.9. The Morgan fingerprint density at radius 3 is 2.73 bits per heavy atom. The quantitative estimate of drug-likeness (QED) is 0.193. The third kappa shape index (κ3) is 4.16. The van der Waals surface area contributed by atoms with Crippen LogP contribution in [0.2, 0.25) is 0 Å². The Morgan fingerprint density at radius 1 is 1.20 bits per heavy atom. The number of nitrogens with one attached hydrogen (secondary N) is 1. The highest BCUT2D eigenvalue weighted by molar-refractivity contribution is 5.96. The number of nitrogens with zero attached hydrogens (tertiary/aromatic N) is 5. The Labute approximate surface area is 255 Å². The van der Waals surface area contributed by atoms with E-state index in [0.717, 1.165) is 5.56 Å². The van der Waals surface area contributed by atoms with Crippen LogP contribution in [-0.4, -0.2) is 65.0 Å². The second-order valence-corrected chi connectivity index (χ2v) is 11.7. The van der Waals surface area contributed by atoms with E-state index in [0.29, 0.717) is 57.5 Å². The Kier molecular flexibility index (Phi) is 6.83. The van der Waals surface area contributed by atoms with E-state index < -0.39 is 34.9 Å². The molecule has 14 heteroatoms. The van der Waals surface area contributed by atoms with Crippen molar-refractivity contribution >= 4 is 22.8 Å². The van der Waals surface area contributed by atoms with Crippen LogP contribution in [-0.2, 0) is 47.7 Å². The van der Waals surface area contributed by atoms with Crippen LogP contribution in [0.4, 0.5) is 4.39 Å². The van der Waals surface area contributed by atoms with Crippen molar-refractivity contribution in [3.63, 3.8) is 0 Å². The molecule has 0 spiro atoms. The van der Waals surface area contributed by atoms with Gasteiger partial charge in [-0.2, -0.15) is 0 Å². The summed E-state index contributed by atoms with van der Waals surface area (Å²) in [6.45, 7) is 2.80. The molecule has 1 aliphatic carbocycles. The number of fused-ring (bicyclic) bond motifs is 5. The van der Waals surface area contributed by atoms with Crippen molar-refractivity contribution in [1.82, 2.24) is 29.9 Å². The van der Waals surface area contributed by atoms with Gasteiger partial charge in [-0.05, 0) is 48.9 Å². The van der Waals surface area contributed by atoms with Crippen LogP contribution < -0.4 is 10.9 Å². The maximum absolute atomic E-state index is 15.2. The number of benzene rings is 1. The zero-order valence-electron chi connectivity index (χ0n) is 24.7. The van der Waals surface area contributed by atoms with Gasteiger partial charge >= 0.3 is 5.97 Å². The number of aliphatic hydroxyl groups is 3. The maximum Gasteiger partial charge on any atom is 0.343 e. The summed E-state index contributed by atoms with van der Waals surface area (Å²) in [7, 11) is 0. The molecule has 234 valence electrons. The standard InChI is InChI=1S/C31H31FN6O7/c1-3-31(44)18-10-23-26-16(12-37(23)29(42)17(18)13-45-30(31)43)25-20(5-4-15-14(2)19(32)11-21(33-26)24(15)25)34-28(41)27-22(6-8-39)38(7-9-40)36-35-27/h10-11,20,39-40,44H,3-9,12-13H2,1-2H3,(H,34,41)/t20-,31-/m0/s1. The molecule has 3 aliphatic rings. The minimum absolute atomic E-state index is 0.00582. The smallest absolute Gasteiger partial charge is 0.343 e. The normalized spacial score (nSPS) is 19.7. The number of aryl methyl sites for hydroxylation is 1. The zero-order chi connectivity index (χ0) is 31.8. The molecule has 0 saturated carbocycles. The minimum atomic E-state index is -2.00. The highest BCUT2D eigenvalue weighted by atomic mass is 19.1. The van der Waals surface area contributed by atoms with Crippen LogP contribution in [0, 0.1) is 12.7 Å². The summed E-state index contributed by atoms with van der Waals surface area (Å²) in [5.74, 6) is -1.78. The fourth-order valence-electron chi connectivity index (χ4n) is 7.06. The lowest BCUT2D eigenvalue weighted by atomic mass is 9.81. The van der Waals surface area contributed by atoms with Crippen LogP contribution in [0.5, 0.6) is 0 Å². The van der Waals surface area contributed by atoms with Crippen LogP contribution >= 0.6 is 0 Å². The number of aliphatic hydroxyl groups excluding tert-OH is 2. The molecule has 5 heterocycles. The van der Waals surface area contributed by atoms with E-state index in [-0.39, 0.29) is 62.6 Å². The number of amides is 1. The molecular weight excluding hydrogens is 587 g/mol. The number of carbonyl (C=O) groups excluding carboxylic acids is 2. The zero-order valence-corrected chi connectivity index (χ0v) is 24.7. The molecule has 4 aromatic rings. The molecule has 0 saturated heterocycles. The van der Waals surface area contributed by atoms with Crippen LogP contribution in [0.1, 0.15) is 75.4 Å². The summed E-state index contributed by atoms with van der Waals surface area (Å²) < 4.78 is 23.3. The number of halogens is 1. The van der Waals surface area contributed by atoms with E-state index in [1.165, 1.54) is 15.3 Å². The lowest BCUT2D eigenvalue weighted by molar-refractivity contribution is -0.172. The van der Waals surface area contributed by atoms with Gasteiger partial charge in [-0.3, -0.25) is 9.59 Å². The summed E-state index contributed by atoms with van der Waals surface area (Å²) in [5.41, 5.74) is 2.12. The number of esters is 1. The van der Waals surface area contributed by atoms with Gasteiger partial charge < -0.3 is 29.9 Å². The van der Waals surface area contributed by atoms with Gasteiger partial charge in [0.05, 0.1) is 53.9 Å². The van der Waals surface area contributed by atoms with Crippen LogP contribution in [0.25, 0.3) is 22.3 Å². The number of rotatable bonds is 7. The highest BCUT2D eigenvalue weighted by Crippen LogP contribution is 2.46. The number of pyridine rings is 2. The van der Waals surface area contributed by atoms with E-state index in [1.807, 2.05) is 0 Å². The maximum atomic E-state index is 15.2. The second kappa shape index (κ2) is 10.5. The predicted octanol–water partition coefficient (Wildman–Crippen LogP) is 1.06. The average Bonchev–Trinajstić information content (AvgIpc) is 3.60. The molecule has 4 N–H and O–H groups in total. The topological polar surface area (TPSA) is 182 Å². The molecule has 2 atom stereocenters. The number of hydrogen-bond acceptors (Lipinski definition) is 10. The van der Waals surface area contributed by atoms with Gasteiger partial charge in [0, 0.05) is 35.6 Å². The molecule has 7 rings (SSSR count). The number of carbonyl (C=O) groups is 2. The summed E-state index contributed by atoms with van der Waals surface area (Å²) in [6.07, 6.45) is 0.988. The molecule has 13 nitrogen and oxygen atoms in total. The third-order valence-corrected chi connectivity index (χ3v) is 9.40. The molecule has 1 amide bonds. The molecule has 0 bridgehead atoms. The monoisotopic (exact) mass is 618 g/mol. The van der Waals surface area contributed by atoms with Gasteiger partial charge in [0.2, 0.25) is 0 Å². The average molecular weight is 619 g/mol. The summed E-state index contributed by atoms with van der Waals surface area (Å²) >= 11 is 0. The Balaban J connectivity index is 1.40. The van der Waals surface area contributed by atoms with Crippen molar-refractivity contribution in [3.8, 4) is 11.4 Å². The van der Waals surface area contributed by atoms with Crippen molar-refractivity contribution < 1.29 is 34.0 Å². The van der Waals surface area contributed by atoms with E-state index in [1.54, 1.807) is 19.9 Å². The van der Waals surface area contributed by atoms with Gasteiger partial charge in [0.1, 0.15) is 12.4 Å². The van der Waals surface area contributed by atoms with Crippen LogP contribution in [0.15, 0.2) is 16.9 Å². The van der Waals surface area contributed by atoms with Crippen molar-refractivity contribution in [1.29, 1.82) is 0 Å². The molecule has 3 aromatic heterocycles. The fraction of sp³-hybridized carbons (Fsp3) is 0.419. The van der Waals surface area contributed by atoms with Gasteiger partial charge in [0.25, 0.3) is 11.5 Å². The molecule has 2 aliphatic heterocycles. The third-order valence-electron chi connectivity index (χ3n) is 9.40. The molecule has 0 radical (unpaired) electrons. The first-order valence-electron chi connectivity index (χ1n) is 14.9. The molecule has 1 aromatic carbocycles. The fourth-order valence-corrected chi connectivity index (χ4v) is 7.06. The van der Waals surface area contributed by atoms with E-state index >= 15 is 4.39 Å². The Hall–Kier alpha value is -4.53. The van der Waals surface area contributed by atoms with Gasteiger partial charge in [-0.15, -0.1) is 5.10 Å². The van der Waals surface area contributed by atoms with Gasteiger partial charge in [-0.1, -0.05) is 12.1 Å². The van der Waals surface area contributed by atoms with Crippen molar-refractivity contribution in [2.75, 3.05) is 13.2 Å². The SMILES string of the molecule is CC[C@@]1(O)C(=O)OCc2c1cc1n(c2=O)Cc2c-1nc1cc(F)c(C)c3c1c2[C@@H](NC(=O)c1nnn(CCO)c1CCO)CC3. The Bertz CT molecular complexity index is 2000. The van der Waals surface area contributed by atoms with Gasteiger partial charge in [-0.25, -0.2) is 18.9 Å². The largest absolute Gasteiger partial charge is 0.458 e. The number of aromatic nitrogens is 5. The van der Waals surface area contributed by atoms with Crippen molar-refractivity contribution in [2.45, 2.75) is 70.9 Å². The number of cyclic esters (lactones) is 1. The lowest BCUT2D eigenvalue weighted by Gasteiger charge is -2.31. The first-order valence-corrected chi connectivity index (χ1v) is 14.9. The van der Waals surface area contributed by atoms with E-state index in [4.69, 9.17) is 9.72 Å². The molecule has 0 fully saturated rings. The second-order valence-electron chi connectivity index (χ2n) is 11.7. The van der Waals surface area contributed by atoms with E-state index in [9.17, 15) is 29.7 Å². The van der Waals surface area contributed by atoms with Gasteiger partial charge in [0.15, 0.2) is 11.3 Å². The minimum Gasteiger partial charge on any atom is -0.458 e.